The van der Waals surface area contributed by atoms with E-state index in [1.165, 1.54) is 0 Å². The zero-order valence-corrected chi connectivity index (χ0v) is 9.82. The van der Waals surface area contributed by atoms with Gasteiger partial charge in [-0.2, -0.15) is 0 Å². The summed E-state index contributed by atoms with van der Waals surface area (Å²) in [7, 11) is 0. The van der Waals surface area contributed by atoms with E-state index in [9.17, 15) is 9.90 Å². The average Bonchev–Trinajstić information content (AvgIpc) is 2.39. The predicted octanol–water partition coefficient (Wildman–Crippen LogP) is 0.359. The minimum atomic E-state index is 0.0724. The van der Waals surface area contributed by atoms with Crippen molar-refractivity contribution in [3.8, 4) is 0 Å². The summed E-state index contributed by atoms with van der Waals surface area (Å²) in [5, 5.41) is 12.6. The van der Waals surface area contributed by atoms with Crippen molar-refractivity contribution >= 4 is 5.91 Å². The van der Waals surface area contributed by atoms with Gasteiger partial charge >= 0.3 is 0 Å². The van der Waals surface area contributed by atoms with Crippen LogP contribution in [0.1, 0.15) is 32.1 Å². The highest BCUT2D eigenvalue weighted by molar-refractivity contribution is 5.79. The molecule has 4 nitrogen and oxygen atoms in total. The number of rotatable bonds is 2. The van der Waals surface area contributed by atoms with Crippen LogP contribution >= 0.6 is 0 Å². The third-order valence-corrected chi connectivity index (χ3v) is 3.77. The summed E-state index contributed by atoms with van der Waals surface area (Å²) in [5.41, 5.74) is 0. The van der Waals surface area contributed by atoms with E-state index in [4.69, 9.17) is 0 Å². The summed E-state index contributed by atoms with van der Waals surface area (Å²) in [4.78, 5) is 14.2. The van der Waals surface area contributed by atoms with Gasteiger partial charge in [0.2, 0.25) is 5.91 Å². The van der Waals surface area contributed by atoms with Crippen molar-refractivity contribution in [2.24, 2.45) is 5.92 Å². The molecule has 0 aromatic carbocycles. The van der Waals surface area contributed by atoms with Crippen molar-refractivity contribution < 1.29 is 9.90 Å². The van der Waals surface area contributed by atoms with Gasteiger partial charge < -0.3 is 15.3 Å². The third kappa shape index (κ3) is 2.55. The van der Waals surface area contributed by atoms with Crippen LogP contribution in [-0.4, -0.2) is 48.2 Å². The molecule has 2 aliphatic rings. The lowest BCUT2D eigenvalue weighted by Crippen LogP contribution is -2.50. The molecular formula is C12H22N2O2. The monoisotopic (exact) mass is 226 g/mol. The van der Waals surface area contributed by atoms with Crippen molar-refractivity contribution in [3.05, 3.63) is 0 Å². The van der Waals surface area contributed by atoms with Gasteiger partial charge in [-0.25, -0.2) is 0 Å². The summed E-state index contributed by atoms with van der Waals surface area (Å²) in [6.07, 6.45) is 5.28. The minimum Gasteiger partial charge on any atom is -0.394 e. The van der Waals surface area contributed by atoms with Crippen LogP contribution in [0, 0.1) is 5.92 Å². The SMILES string of the molecule is O=C([C@H]1CCCNC1)N1CCCCC1CO. The lowest BCUT2D eigenvalue weighted by atomic mass is 9.95. The van der Waals surface area contributed by atoms with E-state index < -0.39 is 0 Å². The number of aliphatic hydroxyl groups excluding tert-OH is 1. The summed E-state index contributed by atoms with van der Waals surface area (Å²) in [6, 6.07) is 0.0724. The fraction of sp³-hybridized carbons (Fsp3) is 0.917. The molecule has 0 radical (unpaired) electrons. The van der Waals surface area contributed by atoms with Gasteiger partial charge in [-0.1, -0.05) is 0 Å². The van der Waals surface area contributed by atoms with Crippen molar-refractivity contribution in [2.45, 2.75) is 38.1 Å². The van der Waals surface area contributed by atoms with Crippen molar-refractivity contribution in [1.29, 1.82) is 0 Å². The van der Waals surface area contributed by atoms with Crippen molar-refractivity contribution in [1.82, 2.24) is 10.2 Å². The molecule has 1 unspecified atom stereocenters. The molecule has 2 saturated heterocycles. The molecule has 0 spiro atoms. The van der Waals surface area contributed by atoms with Gasteiger partial charge in [-0.3, -0.25) is 4.79 Å². The van der Waals surface area contributed by atoms with Crippen LogP contribution in [0.2, 0.25) is 0 Å². The number of nitrogens with zero attached hydrogens (tertiary/aromatic N) is 1. The number of aliphatic hydroxyl groups is 1. The first-order valence-electron chi connectivity index (χ1n) is 6.45. The first-order valence-corrected chi connectivity index (χ1v) is 6.45. The van der Waals surface area contributed by atoms with E-state index in [1.54, 1.807) is 0 Å². The van der Waals surface area contributed by atoms with E-state index in [2.05, 4.69) is 5.32 Å². The molecule has 0 aliphatic carbocycles. The Morgan fingerprint density at radius 1 is 1.31 bits per heavy atom. The number of hydrogen-bond acceptors (Lipinski definition) is 3. The molecule has 0 bridgehead atoms. The highest BCUT2D eigenvalue weighted by atomic mass is 16.3. The van der Waals surface area contributed by atoms with Crippen molar-refractivity contribution in [3.63, 3.8) is 0 Å². The molecule has 2 rings (SSSR count). The second-order valence-corrected chi connectivity index (χ2v) is 4.91. The van der Waals surface area contributed by atoms with Gasteiger partial charge in [-0.15, -0.1) is 0 Å². The molecule has 2 aliphatic heterocycles. The maximum Gasteiger partial charge on any atom is 0.227 e. The second-order valence-electron chi connectivity index (χ2n) is 4.91. The molecule has 1 amide bonds. The molecule has 2 heterocycles. The smallest absolute Gasteiger partial charge is 0.227 e. The van der Waals surface area contributed by atoms with Gasteiger partial charge in [0.05, 0.1) is 18.6 Å². The van der Waals surface area contributed by atoms with Crippen LogP contribution in [0.25, 0.3) is 0 Å². The zero-order chi connectivity index (χ0) is 11.4. The summed E-state index contributed by atoms with van der Waals surface area (Å²) in [6.45, 7) is 2.80. The zero-order valence-electron chi connectivity index (χ0n) is 9.82. The normalized spacial score (nSPS) is 31.4. The lowest BCUT2D eigenvalue weighted by molar-refractivity contribution is -0.140. The average molecular weight is 226 g/mol. The Morgan fingerprint density at radius 3 is 2.88 bits per heavy atom. The number of carbonyl (C=O) groups excluding carboxylic acids is 1. The predicted molar refractivity (Wildman–Crippen MR) is 62.0 cm³/mol. The molecule has 0 aromatic heterocycles. The van der Waals surface area contributed by atoms with E-state index in [0.29, 0.717) is 0 Å². The van der Waals surface area contributed by atoms with Crippen LogP contribution in [-0.2, 0) is 4.79 Å². The minimum absolute atomic E-state index is 0.0724. The van der Waals surface area contributed by atoms with Crippen LogP contribution in [0.3, 0.4) is 0 Å². The molecular weight excluding hydrogens is 204 g/mol. The van der Waals surface area contributed by atoms with Gasteiger partial charge in [0, 0.05) is 13.1 Å². The molecule has 92 valence electrons. The fourth-order valence-corrected chi connectivity index (χ4v) is 2.78. The Balaban J connectivity index is 1.95. The number of amides is 1. The number of likely N-dealkylation sites (tertiary alicyclic amines) is 1. The number of hydrogen-bond donors (Lipinski definition) is 2. The van der Waals surface area contributed by atoms with Crippen LogP contribution in [0.5, 0.6) is 0 Å². The quantitative estimate of drug-likeness (QED) is 0.715. The van der Waals surface area contributed by atoms with Gasteiger partial charge in [0.1, 0.15) is 0 Å². The van der Waals surface area contributed by atoms with E-state index >= 15 is 0 Å². The van der Waals surface area contributed by atoms with E-state index in [1.807, 2.05) is 4.90 Å². The van der Waals surface area contributed by atoms with E-state index in [-0.39, 0.29) is 24.5 Å². The first kappa shape index (κ1) is 11.9. The highest BCUT2D eigenvalue weighted by Gasteiger charge is 2.31. The third-order valence-electron chi connectivity index (χ3n) is 3.77. The molecule has 0 aromatic rings. The topological polar surface area (TPSA) is 52.6 Å². The Hall–Kier alpha value is -0.610. The van der Waals surface area contributed by atoms with Crippen molar-refractivity contribution in [2.75, 3.05) is 26.2 Å². The van der Waals surface area contributed by atoms with Crippen LogP contribution < -0.4 is 5.32 Å². The molecule has 2 atom stereocenters. The lowest BCUT2D eigenvalue weighted by Gasteiger charge is -2.37. The van der Waals surface area contributed by atoms with Gasteiger partial charge in [-0.05, 0) is 38.6 Å². The molecule has 2 N–H and O–H groups in total. The Labute approximate surface area is 97.0 Å². The number of nitrogens with one attached hydrogen (secondary N) is 1. The molecule has 16 heavy (non-hydrogen) atoms. The van der Waals surface area contributed by atoms with Crippen LogP contribution in [0.4, 0.5) is 0 Å². The highest BCUT2D eigenvalue weighted by Crippen LogP contribution is 2.21. The largest absolute Gasteiger partial charge is 0.394 e. The summed E-state index contributed by atoms with van der Waals surface area (Å²) >= 11 is 0. The maximum absolute atomic E-state index is 12.3. The molecule has 0 saturated carbocycles. The Bertz CT molecular complexity index is 239. The number of piperidine rings is 2. The second kappa shape index (κ2) is 5.64. The Kier molecular flexibility index (Phi) is 4.18. The fourth-order valence-electron chi connectivity index (χ4n) is 2.78. The standard InChI is InChI=1S/C12H22N2O2/c15-9-11-5-1-2-7-14(11)12(16)10-4-3-6-13-8-10/h10-11,13,15H,1-9H2/t10-,11?/m0/s1. The summed E-state index contributed by atoms with van der Waals surface area (Å²) in [5.74, 6) is 0.395. The number of carbonyl (C=O) groups is 1. The van der Waals surface area contributed by atoms with Crippen LogP contribution in [0.15, 0.2) is 0 Å². The molecule has 2 fully saturated rings. The van der Waals surface area contributed by atoms with Gasteiger partial charge in [0.25, 0.3) is 0 Å². The molecule has 4 heteroatoms. The summed E-state index contributed by atoms with van der Waals surface area (Å²) < 4.78 is 0. The van der Waals surface area contributed by atoms with Gasteiger partial charge in [0.15, 0.2) is 0 Å². The Morgan fingerprint density at radius 2 is 2.19 bits per heavy atom. The first-order chi connectivity index (χ1) is 7.83. The van der Waals surface area contributed by atoms with E-state index in [0.717, 1.165) is 51.7 Å². The maximum atomic E-state index is 12.3.